The van der Waals surface area contributed by atoms with Crippen LogP contribution < -0.4 is 0 Å². The van der Waals surface area contributed by atoms with E-state index in [1.165, 1.54) is 11.8 Å². The lowest BCUT2D eigenvalue weighted by Gasteiger charge is -2.14. The van der Waals surface area contributed by atoms with Gasteiger partial charge >= 0.3 is 6.18 Å². The van der Waals surface area contributed by atoms with Crippen molar-refractivity contribution in [3.63, 3.8) is 0 Å². The first kappa shape index (κ1) is 13.9. The Bertz CT molecular complexity index is 509. The third kappa shape index (κ3) is 3.46. The summed E-state index contributed by atoms with van der Waals surface area (Å²) < 4.78 is 43.3. The Kier molecular flexibility index (Phi) is 4.08. The van der Waals surface area contributed by atoms with Crippen LogP contribution in [-0.2, 0) is 10.9 Å². The average Bonchev–Trinajstić information content (AvgIpc) is 2.39. The summed E-state index contributed by atoms with van der Waals surface area (Å²) in [6.45, 7) is 0.415. The van der Waals surface area contributed by atoms with Crippen LogP contribution in [0.25, 0.3) is 0 Å². The summed E-state index contributed by atoms with van der Waals surface area (Å²) in [4.78, 5) is 18.9. The standard InChI is InChI=1S/C11H9F3N2O2S/c12-11(13,14)8-2-3-15-6-7(8)9(17)16-10-18-4-1-5-19-10/h2-3,6H,1,4-5H2. The SMILES string of the molecule is O=C(N=C1OCCCS1)c1cnccc1C(F)(F)F. The fourth-order valence-corrected chi connectivity index (χ4v) is 2.19. The van der Waals surface area contributed by atoms with Crippen molar-refractivity contribution in [3.05, 3.63) is 29.6 Å². The van der Waals surface area contributed by atoms with Gasteiger partial charge in [0.15, 0.2) is 0 Å². The lowest BCUT2D eigenvalue weighted by atomic mass is 10.1. The van der Waals surface area contributed by atoms with Gasteiger partial charge in [0, 0.05) is 18.1 Å². The minimum Gasteiger partial charge on any atom is -0.473 e. The highest BCUT2D eigenvalue weighted by molar-refractivity contribution is 8.13. The molecule has 0 unspecified atom stereocenters. The molecule has 1 aliphatic heterocycles. The molecule has 0 aliphatic carbocycles. The van der Waals surface area contributed by atoms with Crippen molar-refractivity contribution in [2.45, 2.75) is 12.6 Å². The smallest absolute Gasteiger partial charge is 0.417 e. The normalized spacial score (nSPS) is 18.2. The highest BCUT2D eigenvalue weighted by Gasteiger charge is 2.35. The van der Waals surface area contributed by atoms with E-state index in [2.05, 4.69) is 9.98 Å². The van der Waals surface area contributed by atoms with Crippen molar-refractivity contribution in [1.82, 2.24) is 4.98 Å². The van der Waals surface area contributed by atoms with Crippen LogP contribution in [0.4, 0.5) is 13.2 Å². The van der Waals surface area contributed by atoms with Gasteiger partial charge in [-0.1, -0.05) is 11.8 Å². The summed E-state index contributed by atoms with van der Waals surface area (Å²) in [5.74, 6) is -0.268. The first-order valence-electron chi connectivity index (χ1n) is 5.38. The maximum absolute atomic E-state index is 12.7. The Balaban J connectivity index is 2.29. The van der Waals surface area contributed by atoms with Crippen LogP contribution in [0.1, 0.15) is 22.3 Å². The van der Waals surface area contributed by atoms with Crippen LogP contribution in [0.2, 0.25) is 0 Å². The van der Waals surface area contributed by atoms with Gasteiger partial charge in [-0.05, 0) is 12.5 Å². The van der Waals surface area contributed by atoms with Gasteiger partial charge < -0.3 is 4.74 Å². The van der Waals surface area contributed by atoms with E-state index in [1.807, 2.05) is 0 Å². The predicted octanol–water partition coefficient (Wildman–Crippen LogP) is 2.75. The molecule has 0 aromatic carbocycles. The van der Waals surface area contributed by atoms with Crippen molar-refractivity contribution in [1.29, 1.82) is 0 Å². The van der Waals surface area contributed by atoms with Gasteiger partial charge in [-0.2, -0.15) is 18.2 Å². The Morgan fingerprint density at radius 3 is 2.89 bits per heavy atom. The number of alkyl halides is 3. The van der Waals surface area contributed by atoms with Crippen LogP contribution in [0.5, 0.6) is 0 Å². The fraction of sp³-hybridized carbons (Fsp3) is 0.364. The number of halogens is 3. The molecule has 0 N–H and O–H groups in total. The Morgan fingerprint density at radius 1 is 1.47 bits per heavy atom. The molecule has 8 heteroatoms. The summed E-state index contributed by atoms with van der Waals surface area (Å²) >= 11 is 1.20. The van der Waals surface area contributed by atoms with Crippen molar-refractivity contribution in [2.24, 2.45) is 4.99 Å². The molecule has 4 nitrogen and oxygen atoms in total. The lowest BCUT2D eigenvalue weighted by Crippen LogP contribution is -2.16. The summed E-state index contributed by atoms with van der Waals surface area (Å²) in [7, 11) is 0. The number of carbonyl (C=O) groups is 1. The van der Waals surface area contributed by atoms with E-state index in [9.17, 15) is 18.0 Å². The molecule has 1 aliphatic rings. The largest absolute Gasteiger partial charge is 0.473 e. The van der Waals surface area contributed by atoms with Gasteiger partial charge in [0.25, 0.3) is 11.1 Å². The van der Waals surface area contributed by atoms with E-state index in [0.717, 1.165) is 30.6 Å². The highest BCUT2D eigenvalue weighted by atomic mass is 32.2. The molecule has 0 atom stereocenters. The van der Waals surface area contributed by atoms with Crippen LogP contribution in [0, 0.1) is 0 Å². The highest BCUT2D eigenvalue weighted by Crippen LogP contribution is 2.31. The molecule has 2 heterocycles. The van der Waals surface area contributed by atoms with Crippen LogP contribution >= 0.6 is 11.8 Å². The van der Waals surface area contributed by atoms with Crippen molar-refractivity contribution in [2.75, 3.05) is 12.4 Å². The Hall–Kier alpha value is -1.57. The average molecular weight is 290 g/mol. The molecule has 1 aromatic heterocycles. The van der Waals surface area contributed by atoms with Gasteiger partial charge in [0.05, 0.1) is 17.7 Å². The van der Waals surface area contributed by atoms with Crippen molar-refractivity contribution < 1.29 is 22.7 Å². The molecule has 102 valence electrons. The number of thioether (sulfide) groups is 1. The second-order valence-electron chi connectivity index (χ2n) is 3.65. The molecule has 1 aromatic rings. The van der Waals surface area contributed by atoms with Crippen molar-refractivity contribution in [3.8, 4) is 0 Å². The molecule has 19 heavy (non-hydrogen) atoms. The number of amides is 1. The third-order valence-electron chi connectivity index (χ3n) is 2.29. The molecular formula is C11H9F3N2O2S. The first-order chi connectivity index (χ1) is 8.98. The van der Waals surface area contributed by atoms with Gasteiger partial charge in [0.2, 0.25) is 0 Å². The number of ether oxygens (including phenoxy) is 1. The van der Waals surface area contributed by atoms with E-state index < -0.39 is 23.2 Å². The molecule has 2 rings (SSSR count). The molecule has 0 spiro atoms. The molecule has 1 amide bonds. The van der Waals surface area contributed by atoms with E-state index in [4.69, 9.17) is 4.74 Å². The van der Waals surface area contributed by atoms with Gasteiger partial charge in [-0.3, -0.25) is 9.78 Å². The van der Waals surface area contributed by atoms with Gasteiger partial charge in [-0.15, -0.1) is 0 Å². The minimum absolute atomic E-state index is 0.105. The zero-order valence-corrected chi connectivity index (χ0v) is 10.4. The second-order valence-corrected chi connectivity index (χ2v) is 4.70. The second kappa shape index (κ2) is 5.60. The maximum atomic E-state index is 12.7. The van der Waals surface area contributed by atoms with E-state index in [-0.39, 0.29) is 5.23 Å². The number of hydrogen-bond acceptors (Lipinski definition) is 4. The monoisotopic (exact) mass is 290 g/mol. The van der Waals surface area contributed by atoms with Gasteiger partial charge in [-0.25, -0.2) is 0 Å². The number of nitrogens with zero attached hydrogens (tertiary/aromatic N) is 2. The topological polar surface area (TPSA) is 51.5 Å². The molecular weight excluding hydrogens is 281 g/mol. The lowest BCUT2D eigenvalue weighted by molar-refractivity contribution is -0.138. The van der Waals surface area contributed by atoms with Crippen LogP contribution in [-0.4, -0.2) is 28.5 Å². The Labute approximate surface area is 111 Å². The number of pyridine rings is 1. The van der Waals surface area contributed by atoms with E-state index in [1.54, 1.807) is 0 Å². The quantitative estimate of drug-likeness (QED) is 0.798. The summed E-state index contributed by atoms with van der Waals surface area (Å²) in [5.41, 5.74) is -1.62. The maximum Gasteiger partial charge on any atom is 0.417 e. The summed E-state index contributed by atoms with van der Waals surface area (Å²) in [6.07, 6.45) is -1.95. The number of carbonyl (C=O) groups excluding carboxylic acids is 1. The van der Waals surface area contributed by atoms with Crippen LogP contribution in [0.3, 0.4) is 0 Å². The molecule has 1 saturated heterocycles. The minimum atomic E-state index is -4.62. The summed E-state index contributed by atoms with van der Waals surface area (Å²) in [5, 5.41) is 0.105. The van der Waals surface area contributed by atoms with Gasteiger partial charge in [0.1, 0.15) is 0 Å². The molecule has 0 saturated carbocycles. The van der Waals surface area contributed by atoms with E-state index in [0.29, 0.717) is 6.61 Å². The van der Waals surface area contributed by atoms with E-state index >= 15 is 0 Å². The fourth-order valence-electron chi connectivity index (χ4n) is 1.44. The van der Waals surface area contributed by atoms with Crippen molar-refractivity contribution >= 4 is 22.9 Å². The zero-order chi connectivity index (χ0) is 13.9. The number of rotatable bonds is 1. The number of aliphatic imine (C=N–C) groups is 1. The molecule has 0 radical (unpaired) electrons. The number of aromatic nitrogens is 1. The zero-order valence-electron chi connectivity index (χ0n) is 9.61. The predicted molar refractivity (Wildman–Crippen MR) is 64.0 cm³/mol. The summed E-state index contributed by atoms with van der Waals surface area (Å²) in [6, 6.07) is 0.752. The first-order valence-corrected chi connectivity index (χ1v) is 6.37. The third-order valence-corrected chi connectivity index (χ3v) is 3.24. The van der Waals surface area contributed by atoms with Crippen LogP contribution in [0.15, 0.2) is 23.5 Å². The molecule has 1 fully saturated rings. The Morgan fingerprint density at radius 2 is 2.26 bits per heavy atom. The number of hydrogen-bond donors (Lipinski definition) is 0. The molecule has 0 bridgehead atoms.